The van der Waals surface area contributed by atoms with Gasteiger partial charge in [0.2, 0.25) is 0 Å². The third-order valence-corrected chi connectivity index (χ3v) is 11.9. The first-order valence-electron chi connectivity index (χ1n) is 17.6. The average molecular weight is 663 g/mol. The monoisotopic (exact) mass is 662 g/mol. The summed E-state index contributed by atoms with van der Waals surface area (Å²) >= 11 is 1.90. The highest BCUT2D eigenvalue weighted by molar-refractivity contribution is 7.26. The fourth-order valence-electron chi connectivity index (χ4n) is 8.50. The van der Waals surface area contributed by atoms with E-state index in [0.717, 1.165) is 0 Å². The molecule has 0 saturated heterocycles. The highest BCUT2D eigenvalue weighted by Gasteiger charge is 2.19. The van der Waals surface area contributed by atoms with Gasteiger partial charge in [-0.3, -0.25) is 0 Å². The van der Waals surface area contributed by atoms with Crippen LogP contribution in [0.4, 0.5) is 0 Å². The number of hydrogen-bond acceptors (Lipinski definition) is 1. The normalized spacial score (nSPS) is 11.9. The minimum atomic E-state index is 1.23. The van der Waals surface area contributed by atoms with Gasteiger partial charge in [-0.1, -0.05) is 152 Å². The zero-order valence-electron chi connectivity index (χ0n) is 27.7. The topological polar surface area (TPSA) is 0 Å². The quantitative estimate of drug-likeness (QED) is 0.165. The molecule has 236 valence electrons. The predicted octanol–water partition coefficient (Wildman–Crippen LogP) is 14.8. The van der Waals surface area contributed by atoms with Crippen LogP contribution in [0.5, 0.6) is 0 Å². The minimum absolute atomic E-state index is 1.23. The standard InChI is InChI=1S/C50H30S/c1-2-14-33-29-47-45(27-32(33)13-1)46-28-35-17-11-24-38(44(35)30-48(46)51-47)34-16-9-18-36(26-34)49-40-20-5-7-22-42(40)50(43-23-8-6-21-41(43)49)39-25-10-15-31-12-3-4-19-37(31)39/h1-30H. The molecular formula is C50H30S. The van der Waals surface area contributed by atoms with Gasteiger partial charge in [-0.2, -0.15) is 0 Å². The lowest BCUT2D eigenvalue weighted by molar-refractivity contribution is 1.64. The van der Waals surface area contributed by atoms with Crippen LogP contribution < -0.4 is 0 Å². The number of rotatable bonds is 3. The van der Waals surface area contributed by atoms with E-state index in [1.165, 1.54) is 107 Å². The Morgan fingerprint density at radius 1 is 0.255 bits per heavy atom. The van der Waals surface area contributed by atoms with Crippen molar-refractivity contribution in [2.45, 2.75) is 0 Å². The van der Waals surface area contributed by atoms with Gasteiger partial charge in [0, 0.05) is 20.2 Å². The summed E-state index contributed by atoms with van der Waals surface area (Å²) in [6.07, 6.45) is 0. The highest BCUT2D eigenvalue weighted by atomic mass is 32.1. The van der Waals surface area contributed by atoms with E-state index in [4.69, 9.17) is 0 Å². The van der Waals surface area contributed by atoms with Gasteiger partial charge < -0.3 is 0 Å². The van der Waals surface area contributed by atoms with Gasteiger partial charge in [-0.15, -0.1) is 11.3 Å². The Kier molecular flexibility index (Phi) is 6.22. The van der Waals surface area contributed by atoms with Crippen LogP contribution >= 0.6 is 11.3 Å². The molecule has 0 fully saturated rings. The van der Waals surface area contributed by atoms with Gasteiger partial charge in [0.05, 0.1) is 0 Å². The first-order chi connectivity index (χ1) is 25.3. The van der Waals surface area contributed by atoms with E-state index in [2.05, 4.69) is 182 Å². The largest absolute Gasteiger partial charge is 0.135 e. The molecule has 0 spiro atoms. The van der Waals surface area contributed by atoms with Crippen molar-refractivity contribution in [2.75, 3.05) is 0 Å². The first-order valence-corrected chi connectivity index (χ1v) is 18.4. The van der Waals surface area contributed by atoms with E-state index in [0.29, 0.717) is 0 Å². The van der Waals surface area contributed by atoms with Gasteiger partial charge in [-0.25, -0.2) is 0 Å². The second-order valence-electron chi connectivity index (χ2n) is 13.6. The summed E-state index contributed by atoms with van der Waals surface area (Å²) in [6.45, 7) is 0. The van der Waals surface area contributed by atoms with E-state index in [-0.39, 0.29) is 0 Å². The number of benzene rings is 10. The molecule has 0 unspecified atom stereocenters. The van der Waals surface area contributed by atoms with Crippen molar-refractivity contribution < 1.29 is 0 Å². The fourth-order valence-corrected chi connectivity index (χ4v) is 9.66. The molecule has 0 radical (unpaired) electrons. The average Bonchev–Trinajstić information content (AvgIpc) is 3.53. The zero-order chi connectivity index (χ0) is 33.5. The minimum Gasteiger partial charge on any atom is -0.135 e. The summed E-state index contributed by atoms with van der Waals surface area (Å²) in [5, 5.41) is 15.5. The lowest BCUT2D eigenvalue weighted by Gasteiger charge is -2.19. The van der Waals surface area contributed by atoms with E-state index in [1.54, 1.807) is 0 Å². The molecule has 11 aromatic rings. The molecule has 1 heteroatoms. The smallest absolute Gasteiger partial charge is 0.0362 e. The van der Waals surface area contributed by atoms with Crippen molar-refractivity contribution >= 4 is 85.4 Å². The molecule has 1 aromatic heterocycles. The fraction of sp³-hybridized carbons (Fsp3) is 0. The van der Waals surface area contributed by atoms with Gasteiger partial charge in [0.15, 0.2) is 0 Å². The summed E-state index contributed by atoms with van der Waals surface area (Å²) in [7, 11) is 0. The summed E-state index contributed by atoms with van der Waals surface area (Å²) in [6, 6.07) is 67.5. The molecular weight excluding hydrogens is 633 g/mol. The molecule has 0 amide bonds. The molecule has 11 rings (SSSR count). The third kappa shape index (κ3) is 4.39. The van der Waals surface area contributed by atoms with Crippen molar-refractivity contribution in [3.05, 3.63) is 182 Å². The molecule has 10 aromatic carbocycles. The maximum Gasteiger partial charge on any atom is 0.0362 e. The second kappa shape index (κ2) is 11.1. The number of thiophene rings is 1. The van der Waals surface area contributed by atoms with E-state index < -0.39 is 0 Å². The van der Waals surface area contributed by atoms with Gasteiger partial charge in [0.25, 0.3) is 0 Å². The van der Waals surface area contributed by atoms with Crippen molar-refractivity contribution in [3.63, 3.8) is 0 Å². The molecule has 0 aliphatic carbocycles. The highest BCUT2D eigenvalue weighted by Crippen LogP contribution is 2.46. The van der Waals surface area contributed by atoms with Crippen LogP contribution in [0, 0.1) is 0 Å². The molecule has 0 bridgehead atoms. The van der Waals surface area contributed by atoms with Gasteiger partial charge in [0.1, 0.15) is 0 Å². The lowest BCUT2D eigenvalue weighted by atomic mass is 9.84. The van der Waals surface area contributed by atoms with Crippen molar-refractivity contribution in [3.8, 4) is 33.4 Å². The lowest BCUT2D eigenvalue weighted by Crippen LogP contribution is -1.92. The first kappa shape index (κ1) is 28.5. The Balaban J connectivity index is 1.13. The second-order valence-corrected chi connectivity index (χ2v) is 14.7. The number of fused-ring (bicyclic) bond motifs is 8. The van der Waals surface area contributed by atoms with Crippen LogP contribution in [0.15, 0.2) is 182 Å². The number of hydrogen-bond donors (Lipinski definition) is 0. The molecule has 0 atom stereocenters. The van der Waals surface area contributed by atoms with Crippen molar-refractivity contribution in [1.29, 1.82) is 0 Å². The van der Waals surface area contributed by atoms with Crippen LogP contribution in [-0.4, -0.2) is 0 Å². The van der Waals surface area contributed by atoms with E-state index in [1.807, 2.05) is 11.3 Å². The van der Waals surface area contributed by atoms with Crippen molar-refractivity contribution in [2.24, 2.45) is 0 Å². The molecule has 0 saturated carbocycles. The molecule has 1 heterocycles. The summed E-state index contributed by atoms with van der Waals surface area (Å²) in [4.78, 5) is 0. The summed E-state index contributed by atoms with van der Waals surface area (Å²) in [5.74, 6) is 0. The van der Waals surface area contributed by atoms with Gasteiger partial charge in [-0.05, 0) is 118 Å². The maximum atomic E-state index is 2.42. The zero-order valence-corrected chi connectivity index (χ0v) is 28.5. The molecule has 0 aliphatic heterocycles. The Hall–Kier alpha value is -6.28. The molecule has 0 aliphatic rings. The van der Waals surface area contributed by atoms with E-state index >= 15 is 0 Å². The van der Waals surface area contributed by atoms with Crippen LogP contribution in [0.2, 0.25) is 0 Å². The predicted molar refractivity (Wildman–Crippen MR) is 223 cm³/mol. The van der Waals surface area contributed by atoms with Crippen LogP contribution in [0.1, 0.15) is 0 Å². The summed E-state index contributed by atoms with van der Waals surface area (Å²) in [5.41, 5.74) is 7.59. The maximum absolute atomic E-state index is 2.42. The van der Waals surface area contributed by atoms with Crippen LogP contribution in [0.25, 0.3) is 107 Å². The van der Waals surface area contributed by atoms with E-state index in [9.17, 15) is 0 Å². The van der Waals surface area contributed by atoms with Crippen LogP contribution in [-0.2, 0) is 0 Å². The Labute approximate surface area is 299 Å². The SMILES string of the molecule is c1cc(-c2cccc3cc4c(cc23)sc2cc3ccccc3cc24)cc(-c2c3ccccc3c(-c3cccc4ccccc34)c3ccccc23)c1. The Morgan fingerprint density at radius 3 is 1.47 bits per heavy atom. The Bertz CT molecular complexity index is 3130. The van der Waals surface area contributed by atoms with Crippen molar-refractivity contribution in [1.82, 2.24) is 0 Å². The van der Waals surface area contributed by atoms with Crippen LogP contribution in [0.3, 0.4) is 0 Å². The Morgan fingerprint density at radius 2 is 0.745 bits per heavy atom. The molecule has 51 heavy (non-hydrogen) atoms. The third-order valence-electron chi connectivity index (χ3n) is 10.8. The summed E-state index contributed by atoms with van der Waals surface area (Å²) < 4.78 is 2.67. The molecule has 0 nitrogen and oxygen atoms in total. The molecule has 0 N–H and O–H groups in total. The van der Waals surface area contributed by atoms with Gasteiger partial charge >= 0.3 is 0 Å².